The van der Waals surface area contributed by atoms with E-state index in [1.807, 2.05) is 0 Å². The fourth-order valence-electron chi connectivity index (χ4n) is 2.73. The third-order valence-electron chi connectivity index (χ3n) is 3.71. The van der Waals surface area contributed by atoms with Crippen LogP contribution in [0.15, 0.2) is 12.3 Å². The highest BCUT2D eigenvalue weighted by Gasteiger charge is 2.26. The number of rotatable bonds is 4. The molecule has 19 heavy (non-hydrogen) atoms. The van der Waals surface area contributed by atoms with Crippen LogP contribution in [-0.4, -0.2) is 23.6 Å². The van der Waals surface area contributed by atoms with Crippen molar-refractivity contribution in [2.24, 2.45) is 5.73 Å². The van der Waals surface area contributed by atoms with Gasteiger partial charge >= 0.3 is 0 Å². The Morgan fingerprint density at radius 1 is 1.32 bits per heavy atom. The van der Waals surface area contributed by atoms with E-state index in [9.17, 15) is 0 Å². The van der Waals surface area contributed by atoms with E-state index in [0.29, 0.717) is 22.1 Å². The van der Waals surface area contributed by atoms with Crippen molar-refractivity contribution < 1.29 is 0 Å². The molecule has 0 saturated heterocycles. The third-order valence-corrected chi connectivity index (χ3v) is 4.19. The maximum Gasteiger partial charge on any atom is 0.147 e. The lowest BCUT2D eigenvalue weighted by molar-refractivity contribution is 0.374. The minimum Gasteiger partial charge on any atom is -0.352 e. The molecule has 1 aromatic heterocycles. The van der Waals surface area contributed by atoms with Crippen LogP contribution in [0.25, 0.3) is 0 Å². The summed E-state index contributed by atoms with van der Waals surface area (Å²) in [6.45, 7) is 3.14. The average Bonchev–Trinajstić information content (AvgIpc) is 2.38. The summed E-state index contributed by atoms with van der Waals surface area (Å²) in [4.78, 5) is 6.75. The van der Waals surface area contributed by atoms with Crippen molar-refractivity contribution in [3.8, 4) is 0 Å². The minimum absolute atomic E-state index is 0.355. The van der Waals surface area contributed by atoms with E-state index in [2.05, 4.69) is 16.8 Å². The van der Waals surface area contributed by atoms with Gasteiger partial charge in [-0.05, 0) is 38.2 Å². The first-order chi connectivity index (χ1) is 9.11. The molecular formula is C14H21Cl2N3. The van der Waals surface area contributed by atoms with E-state index >= 15 is 0 Å². The summed E-state index contributed by atoms with van der Waals surface area (Å²) in [6, 6.07) is 2.61. The Morgan fingerprint density at radius 3 is 2.58 bits per heavy atom. The highest BCUT2D eigenvalue weighted by Crippen LogP contribution is 2.31. The first-order valence-corrected chi connectivity index (χ1v) is 7.70. The zero-order valence-electron chi connectivity index (χ0n) is 11.3. The van der Waals surface area contributed by atoms with Gasteiger partial charge in [0, 0.05) is 24.8 Å². The Kier molecular flexibility index (Phi) is 5.31. The quantitative estimate of drug-likeness (QED) is 0.918. The summed E-state index contributed by atoms with van der Waals surface area (Å²) in [7, 11) is 0. The van der Waals surface area contributed by atoms with Crippen LogP contribution in [0.4, 0.5) is 5.82 Å². The Morgan fingerprint density at radius 2 is 2.00 bits per heavy atom. The largest absolute Gasteiger partial charge is 0.352 e. The summed E-state index contributed by atoms with van der Waals surface area (Å²) >= 11 is 12.2. The summed E-state index contributed by atoms with van der Waals surface area (Å²) in [5, 5.41) is 1.21. The number of anilines is 1. The SMILES string of the molecule is CCCN(c1ncc(Cl)cc1Cl)C1CCC(N)CC1. The van der Waals surface area contributed by atoms with Gasteiger partial charge in [0.25, 0.3) is 0 Å². The van der Waals surface area contributed by atoms with Crippen molar-refractivity contribution in [3.05, 3.63) is 22.3 Å². The van der Waals surface area contributed by atoms with Gasteiger partial charge in [0.05, 0.1) is 10.0 Å². The molecule has 0 radical (unpaired) electrons. The van der Waals surface area contributed by atoms with Gasteiger partial charge in [-0.25, -0.2) is 4.98 Å². The molecule has 0 spiro atoms. The van der Waals surface area contributed by atoms with Crippen LogP contribution in [0, 0.1) is 0 Å². The lowest BCUT2D eigenvalue weighted by atomic mass is 9.90. The van der Waals surface area contributed by atoms with Gasteiger partial charge in [0.1, 0.15) is 5.82 Å². The van der Waals surface area contributed by atoms with E-state index in [-0.39, 0.29) is 0 Å². The summed E-state index contributed by atoms with van der Waals surface area (Å²) in [5.74, 6) is 0.855. The van der Waals surface area contributed by atoms with Crippen molar-refractivity contribution in [2.45, 2.75) is 51.1 Å². The molecule has 1 aliphatic rings. The predicted molar refractivity (Wildman–Crippen MR) is 82.1 cm³/mol. The van der Waals surface area contributed by atoms with Crippen LogP contribution in [0.3, 0.4) is 0 Å². The van der Waals surface area contributed by atoms with Crippen LogP contribution < -0.4 is 10.6 Å². The van der Waals surface area contributed by atoms with E-state index in [0.717, 1.165) is 44.5 Å². The smallest absolute Gasteiger partial charge is 0.147 e. The Labute approximate surface area is 125 Å². The van der Waals surface area contributed by atoms with Crippen molar-refractivity contribution >= 4 is 29.0 Å². The topological polar surface area (TPSA) is 42.2 Å². The van der Waals surface area contributed by atoms with E-state index in [4.69, 9.17) is 28.9 Å². The second-order valence-corrected chi connectivity index (χ2v) is 6.06. The molecule has 2 N–H and O–H groups in total. The summed E-state index contributed by atoms with van der Waals surface area (Å²) in [6.07, 6.45) is 7.12. The van der Waals surface area contributed by atoms with Crippen molar-refractivity contribution in [1.29, 1.82) is 0 Å². The molecule has 0 atom stereocenters. The number of hydrogen-bond donors (Lipinski definition) is 1. The molecule has 5 heteroatoms. The minimum atomic E-state index is 0.355. The number of aromatic nitrogens is 1. The zero-order valence-corrected chi connectivity index (χ0v) is 12.8. The first-order valence-electron chi connectivity index (χ1n) is 6.95. The van der Waals surface area contributed by atoms with E-state index in [1.54, 1.807) is 12.3 Å². The molecule has 0 unspecified atom stereocenters. The van der Waals surface area contributed by atoms with Crippen LogP contribution in [0.5, 0.6) is 0 Å². The molecule has 1 aromatic rings. The van der Waals surface area contributed by atoms with Crippen LogP contribution in [0.1, 0.15) is 39.0 Å². The second kappa shape index (κ2) is 6.78. The molecule has 0 bridgehead atoms. The number of hydrogen-bond acceptors (Lipinski definition) is 3. The molecular weight excluding hydrogens is 281 g/mol. The van der Waals surface area contributed by atoms with Gasteiger partial charge in [-0.15, -0.1) is 0 Å². The normalized spacial score (nSPS) is 23.4. The lowest BCUT2D eigenvalue weighted by Gasteiger charge is -2.37. The Balaban J connectivity index is 2.19. The third kappa shape index (κ3) is 3.74. The standard InChI is InChI=1S/C14H21Cl2N3/c1-2-7-19(12-5-3-11(17)4-6-12)14-13(16)8-10(15)9-18-14/h8-9,11-12H,2-7,17H2,1H3. The van der Waals surface area contributed by atoms with Gasteiger partial charge in [0.2, 0.25) is 0 Å². The molecule has 2 rings (SSSR count). The fourth-order valence-corrected chi connectivity index (χ4v) is 3.22. The Bertz CT molecular complexity index is 417. The van der Waals surface area contributed by atoms with Crippen molar-refractivity contribution in [3.63, 3.8) is 0 Å². The zero-order chi connectivity index (χ0) is 13.8. The van der Waals surface area contributed by atoms with Gasteiger partial charge in [-0.3, -0.25) is 0 Å². The van der Waals surface area contributed by atoms with Gasteiger partial charge < -0.3 is 10.6 Å². The van der Waals surface area contributed by atoms with Crippen LogP contribution in [0.2, 0.25) is 10.0 Å². The number of pyridine rings is 1. The molecule has 1 fully saturated rings. The second-order valence-electron chi connectivity index (χ2n) is 5.22. The molecule has 0 aromatic carbocycles. The summed E-state index contributed by atoms with van der Waals surface area (Å²) < 4.78 is 0. The van der Waals surface area contributed by atoms with E-state index < -0.39 is 0 Å². The van der Waals surface area contributed by atoms with Crippen molar-refractivity contribution in [2.75, 3.05) is 11.4 Å². The Hall–Kier alpha value is -0.510. The van der Waals surface area contributed by atoms with E-state index in [1.165, 1.54) is 0 Å². The molecule has 0 aliphatic heterocycles. The maximum absolute atomic E-state index is 6.29. The van der Waals surface area contributed by atoms with Crippen LogP contribution in [-0.2, 0) is 0 Å². The number of halogens is 2. The van der Waals surface area contributed by atoms with Crippen LogP contribution >= 0.6 is 23.2 Å². The molecule has 106 valence electrons. The highest BCUT2D eigenvalue weighted by molar-refractivity contribution is 6.36. The summed E-state index contributed by atoms with van der Waals surface area (Å²) in [5.41, 5.74) is 5.98. The number of nitrogens with two attached hydrogens (primary N) is 1. The van der Waals surface area contributed by atoms with Gasteiger partial charge in [-0.2, -0.15) is 0 Å². The lowest BCUT2D eigenvalue weighted by Crippen LogP contribution is -2.42. The monoisotopic (exact) mass is 301 g/mol. The predicted octanol–water partition coefficient (Wildman–Crippen LogP) is 3.87. The first kappa shape index (κ1) is 14.9. The average molecular weight is 302 g/mol. The van der Waals surface area contributed by atoms with Gasteiger partial charge in [-0.1, -0.05) is 30.1 Å². The highest BCUT2D eigenvalue weighted by atomic mass is 35.5. The molecule has 1 aliphatic carbocycles. The maximum atomic E-state index is 6.29. The van der Waals surface area contributed by atoms with Gasteiger partial charge in [0.15, 0.2) is 0 Å². The fraction of sp³-hybridized carbons (Fsp3) is 0.643. The molecule has 3 nitrogen and oxygen atoms in total. The molecule has 1 heterocycles. The molecule has 1 saturated carbocycles. The number of nitrogens with zero attached hydrogens (tertiary/aromatic N) is 2. The van der Waals surface area contributed by atoms with Crippen molar-refractivity contribution in [1.82, 2.24) is 4.98 Å². The molecule has 0 amide bonds.